The third kappa shape index (κ3) is 2.22. The lowest BCUT2D eigenvalue weighted by Crippen LogP contribution is -2.73. The van der Waals surface area contributed by atoms with Crippen LogP contribution < -0.4 is 0 Å². The second-order valence-electron chi connectivity index (χ2n) is 3.50. The first-order chi connectivity index (χ1) is 8.26. The van der Waals surface area contributed by atoms with Gasteiger partial charge in [0.1, 0.15) is 0 Å². The number of nitro groups is 2. The summed E-state index contributed by atoms with van der Waals surface area (Å²) < 4.78 is -9.00. The van der Waals surface area contributed by atoms with Crippen LogP contribution >= 0.6 is 95.6 Å². The first-order valence-electron chi connectivity index (χ1n) is 4.11. The van der Waals surface area contributed by atoms with Crippen molar-refractivity contribution in [2.24, 2.45) is 0 Å². The Bertz CT molecular complexity index is 495. The third-order valence-corrected chi connectivity index (χ3v) is 12.2. The van der Waals surface area contributed by atoms with Gasteiger partial charge in [0, 0.05) is 41.3 Å². The Balaban J connectivity index is 3.86. The highest BCUT2D eigenvalue weighted by Gasteiger charge is 2.87. The van der Waals surface area contributed by atoms with Crippen molar-refractivity contribution < 1.29 is 15.0 Å². The summed E-state index contributed by atoms with van der Waals surface area (Å²) in [4.78, 5) is 20.9. The summed E-state index contributed by atoms with van der Waals surface area (Å²) in [5.74, 6) is 0. The molecule has 13 heteroatoms. The number of nitrogens with zero attached hydrogens (tertiary/aromatic N) is 2. The van der Waals surface area contributed by atoms with E-state index in [-0.39, 0.29) is 4.48 Å². The molecule has 0 saturated heterocycles. The second kappa shape index (κ2) is 5.23. The summed E-state index contributed by atoms with van der Waals surface area (Å²) in [7, 11) is 0. The average Bonchev–Trinajstić information content (AvgIpc) is 2.23. The first-order valence-corrected chi connectivity index (χ1v) is 8.87. The number of hydrogen-bond donors (Lipinski definition) is 1. The van der Waals surface area contributed by atoms with Gasteiger partial charge >= 0.3 is 8.90 Å². The van der Waals surface area contributed by atoms with E-state index >= 15 is 0 Å². The monoisotopic (exact) mass is 656 g/mol. The van der Waals surface area contributed by atoms with Crippen molar-refractivity contribution in [3.8, 4) is 0 Å². The summed E-state index contributed by atoms with van der Waals surface area (Å²) in [5.41, 5.74) is 0. The fourth-order valence-electron chi connectivity index (χ4n) is 1.44. The predicted octanol–water partition coefficient (Wildman–Crippen LogP) is 3.58. The molecule has 3 unspecified atom stereocenters. The summed E-state index contributed by atoms with van der Waals surface area (Å²) in [6.07, 6.45) is 1.02. The molecule has 0 heterocycles. The number of alkyl halides is 5. The van der Waals surface area contributed by atoms with Crippen molar-refractivity contribution in [3.05, 3.63) is 30.8 Å². The van der Waals surface area contributed by atoms with E-state index in [4.69, 9.17) is 0 Å². The molecule has 0 aromatic heterocycles. The van der Waals surface area contributed by atoms with Gasteiger partial charge in [0.05, 0.1) is 4.92 Å². The molecule has 0 fully saturated rings. The molecule has 108 valence electrons. The molecular formula is C6H2Br6N2O5. The van der Waals surface area contributed by atoms with Gasteiger partial charge in [0.15, 0.2) is 0 Å². The molecule has 0 saturated carbocycles. The summed E-state index contributed by atoms with van der Waals surface area (Å²) in [6.45, 7) is 0. The quantitative estimate of drug-likeness (QED) is 0.211. The van der Waals surface area contributed by atoms with Gasteiger partial charge in [0.25, 0.3) is 0 Å². The molecule has 0 radical (unpaired) electrons. The Labute approximate surface area is 156 Å². The smallest absolute Gasteiger partial charge is 0.368 e. The van der Waals surface area contributed by atoms with Crippen LogP contribution in [0.2, 0.25) is 0 Å². The van der Waals surface area contributed by atoms with Crippen LogP contribution in [-0.4, -0.2) is 31.6 Å². The molecule has 0 spiro atoms. The lowest BCUT2D eigenvalue weighted by atomic mass is 9.93. The van der Waals surface area contributed by atoms with Gasteiger partial charge in [-0.25, -0.2) is 0 Å². The van der Waals surface area contributed by atoms with Crippen LogP contribution in [-0.2, 0) is 0 Å². The van der Waals surface area contributed by atoms with E-state index in [0.29, 0.717) is 0 Å². The minimum Gasteiger partial charge on any atom is -0.368 e. The van der Waals surface area contributed by atoms with E-state index in [1.807, 2.05) is 0 Å². The molecule has 19 heavy (non-hydrogen) atoms. The zero-order valence-corrected chi connectivity index (χ0v) is 17.8. The third-order valence-electron chi connectivity index (χ3n) is 2.44. The molecule has 0 aromatic carbocycles. The zero-order valence-electron chi connectivity index (χ0n) is 8.32. The number of aliphatic hydroxyl groups is 1. The molecule has 0 aromatic rings. The Hall–Kier alpha value is 1.38. The van der Waals surface area contributed by atoms with Gasteiger partial charge in [-0.2, -0.15) is 0 Å². The van der Waals surface area contributed by atoms with Crippen molar-refractivity contribution in [2.45, 2.75) is 16.6 Å². The second-order valence-corrected chi connectivity index (χ2v) is 11.3. The standard InChI is InChI=1S/C6H2Br6N2O5/c7-2-1-3(8,15)5(11,13(16)17)6(12,14(18)19)4(2,9)10/h1,15H. The number of halogens is 6. The maximum absolute atomic E-state index is 11.4. The SMILES string of the molecule is O=[N+]([O-])C1(Br)C(O)(Br)C=C(Br)C(Br)(Br)C1(Br)[N+](=O)[O-]. The van der Waals surface area contributed by atoms with Gasteiger partial charge in [-0.15, -0.1) is 0 Å². The fourth-order valence-corrected chi connectivity index (χ4v) is 6.40. The van der Waals surface area contributed by atoms with Gasteiger partial charge in [0.2, 0.25) is 7.74 Å². The van der Waals surface area contributed by atoms with Crippen molar-refractivity contribution in [1.29, 1.82) is 0 Å². The molecule has 1 rings (SSSR count). The summed E-state index contributed by atoms with van der Waals surface area (Å²) in [5, 5.41) is 33.0. The summed E-state index contributed by atoms with van der Waals surface area (Å²) >= 11 is 17.3. The Morgan fingerprint density at radius 2 is 1.37 bits per heavy atom. The highest BCUT2D eigenvalue weighted by molar-refractivity contribution is 9.27. The molecule has 0 aliphatic heterocycles. The van der Waals surface area contributed by atoms with Crippen molar-refractivity contribution >= 4 is 95.6 Å². The number of hydrogen-bond acceptors (Lipinski definition) is 5. The minimum absolute atomic E-state index is 0.0878. The average molecular weight is 662 g/mol. The van der Waals surface area contributed by atoms with Crippen LogP contribution in [0.1, 0.15) is 0 Å². The lowest BCUT2D eigenvalue weighted by Gasteiger charge is -2.44. The van der Waals surface area contributed by atoms with Crippen LogP contribution in [0.25, 0.3) is 0 Å². The lowest BCUT2D eigenvalue weighted by molar-refractivity contribution is -0.645. The van der Waals surface area contributed by atoms with Crippen LogP contribution in [0.5, 0.6) is 0 Å². The predicted molar refractivity (Wildman–Crippen MR) is 88.8 cm³/mol. The van der Waals surface area contributed by atoms with E-state index in [1.54, 1.807) is 0 Å². The molecule has 3 atom stereocenters. The van der Waals surface area contributed by atoms with E-state index in [1.165, 1.54) is 0 Å². The van der Waals surface area contributed by atoms with Crippen molar-refractivity contribution in [1.82, 2.24) is 0 Å². The first kappa shape index (κ1) is 18.4. The topological polar surface area (TPSA) is 107 Å². The van der Waals surface area contributed by atoms with Crippen LogP contribution in [0, 0.1) is 20.2 Å². The largest absolute Gasteiger partial charge is 0.396 e. The normalized spacial score (nSPS) is 41.5. The van der Waals surface area contributed by atoms with Gasteiger partial charge in [-0.1, -0.05) is 47.8 Å². The highest BCUT2D eigenvalue weighted by atomic mass is 79.9. The van der Waals surface area contributed by atoms with Gasteiger partial charge in [-0.05, 0) is 22.0 Å². The molecular weight excluding hydrogens is 659 g/mol. The van der Waals surface area contributed by atoms with Crippen LogP contribution in [0.15, 0.2) is 10.6 Å². The molecule has 0 amide bonds. The van der Waals surface area contributed by atoms with Gasteiger partial charge in [-0.3, -0.25) is 20.2 Å². The molecule has 0 bridgehead atoms. The minimum atomic E-state index is -2.61. The van der Waals surface area contributed by atoms with Crippen LogP contribution in [0.3, 0.4) is 0 Å². The van der Waals surface area contributed by atoms with Crippen molar-refractivity contribution in [2.75, 3.05) is 0 Å². The maximum atomic E-state index is 11.4. The highest BCUT2D eigenvalue weighted by Crippen LogP contribution is 2.65. The summed E-state index contributed by atoms with van der Waals surface area (Å²) in [6, 6.07) is 0. The van der Waals surface area contributed by atoms with E-state index in [2.05, 4.69) is 95.6 Å². The molecule has 7 nitrogen and oxygen atoms in total. The Morgan fingerprint density at radius 3 is 1.68 bits per heavy atom. The molecule has 1 aliphatic carbocycles. The fraction of sp³-hybridized carbons (Fsp3) is 0.667. The Kier molecular flexibility index (Phi) is 5.07. The van der Waals surface area contributed by atoms with E-state index in [0.717, 1.165) is 6.08 Å². The molecule has 1 aliphatic rings. The molecule has 1 N–H and O–H groups in total. The number of rotatable bonds is 2. The van der Waals surface area contributed by atoms with Crippen molar-refractivity contribution in [3.63, 3.8) is 0 Å². The van der Waals surface area contributed by atoms with E-state index in [9.17, 15) is 25.3 Å². The van der Waals surface area contributed by atoms with Gasteiger partial charge < -0.3 is 5.11 Å². The maximum Gasteiger partial charge on any atom is 0.396 e. The van der Waals surface area contributed by atoms with Crippen LogP contribution in [0.4, 0.5) is 0 Å². The van der Waals surface area contributed by atoms with E-state index < -0.39 is 26.5 Å². The zero-order chi connectivity index (χ0) is 15.4. The Morgan fingerprint density at radius 1 is 1.00 bits per heavy atom.